The minimum Gasteiger partial charge on any atom is -0.363 e. The van der Waals surface area contributed by atoms with E-state index in [2.05, 4.69) is 228 Å². The fraction of sp³-hybridized carbons (Fsp3) is 0.0400. The Labute approximate surface area is 307 Å². The molecule has 8 aromatic carbocycles. The molecule has 0 aliphatic carbocycles. The van der Waals surface area contributed by atoms with Crippen molar-refractivity contribution in [1.29, 1.82) is 0 Å². The van der Waals surface area contributed by atoms with E-state index in [0.29, 0.717) is 0 Å². The monoisotopic (exact) mass is 668 g/mol. The lowest BCUT2D eigenvalue weighted by Gasteiger charge is -2.26. The van der Waals surface area contributed by atoms with Crippen LogP contribution in [0, 0.1) is 0 Å². The summed E-state index contributed by atoms with van der Waals surface area (Å²) in [6.07, 6.45) is 0. The van der Waals surface area contributed by atoms with Crippen molar-refractivity contribution in [2.24, 2.45) is 0 Å². The van der Waals surface area contributed by atoms with Gasteiger partial charge in [0, 0.05) is 35.8 Å². The van der Waals surface area contributed by atoms with Gasteiger partial charge in [0.2, 0.25) is 0 Å². The van der Waals surface area contributed by atoms with E-state index in [-0.39, 0.29) is 0 Å². The fourth-order valence-electron chi connectivity index (χ4n) is 6.83. The highest BCUT2D eigenvalue weighted by Crippen LogP contribution is 2.38. The number of anilines is 4. The Bertz CT molecular complexity index is 2160. The van der Waals surface area contributed by atoms with Gasteiger partial charge in [-0.25, -0.2) is 0 Å². The molecule has 0 fully saturated rings. The van der Waals surface area contributed by atoms with E-state index in [0.717, 1.165) is 30.2 Å². The highest BCUT2D eigenvalue weighted by Gasteiger charge is 2.15. The zero-order valence-electron chi connectivity index (χ0n) is 29.1. The number of nitrogens with zero attached hydrogens (tertiary/aromatic N) is 2. The van der Waals surface area contributed by atoms with E-state index in [9.17, 15) is 0 Å². The molecule has 0 radical (unpaired) electrons. The molecule has 0 aliphatic rings. The summed E-state index contributed by atoms with van der Waals surface area (Å²) in [5, 5.41) is 0. The summed E-state index contributed by atoms with van der Waals surface area (Å²) < 4.78 is 0. The van der Waals surface area contributed by atoms with Crippen molar-refractivity contribution in [3.63, 3.8) is 0 Å². The molecule has 2 nitrogen and oxygen atoms in total. The van der Waals surface area contributed by atoms with Crippen LogP contribution < -0.4 is 9.80 Å². The van der Waals surface area contributed by atoms with Gasteiger partial charge in [-0.15, -0.1) is 0 Å². The van der Waals surface area contributed by atoms with Crippen LogP contribution >= 0.6 is 0 Å². The van der Waals surface area contributed by atoms with Gasteiger partial charge in [0.1, 0.15) is 0 Å². The molecule has 0 atom stereocenters. The molecule has 250 valence electrons. The van der Waals surface area contributed by atoms with E-state index in [1.165, 1.54) is 50.2 Å². The molecule has 52 heavy (non-hydrogen) atoms. The second kappa shape index (κ2) is 15.5. The molecule has 8 rings (SSSR count). The van der Waals surface area contributed by atoms with Crippen LogP contribution in [-0.2, 0) is 13.1 Å². The normalized spacial score (nSPS) is 10.8. The molecule has 0 aromatic heterocycles. The number of hydrogen-bond acceptors (Lipinski definition) is 2. The van der Waals surface area contributed by atoms with Gasteiger partial charge >= 0.3 is 0 Å². The van der Waals surface area contributed by atoms with Gasteiger partial charge in [-0.3, -0.25) is 0 Å². The molecule has 0 spiro atoms. The van der Waals surface area contributed by atoms with Crippen molar-refractivity contribution in [2.45, 2.75) is 13.1 Å². The van der Waals surface area contributed by atoms with Gasteiger partial charge in [0.05, 0.1) is 0 Å². The van der Waals surface area contributed by atoms with E-state index in [1.807, 2.05) is 0 Å². The summed E-state index contributed by atoms with van der Waals surface area (Å²) in [5.74, 6) is 0. The molecular weight excluding hydrogens is 629 g/mol. The average Bonchev–Trinajstić information content (AvgIpc) is 3.23. The Hall–Kier alpha value is -6.64. The minimum atomic E-state index is 0.846. The SMILES string of the molecule is c1ccc(CN(Cc2ccccc2)c2ccc(-c3ccc(N(c4ccc(-c5ccccc5)cc4)c4ccc(-c5ccccc5)cc4)cc3)cc2)cc1. The average molecular weight is 669 g/mol. The van der Waals surface area contributed by atoms with E-state index < -0.39 is 0 Å². The highest BCUT2D eigenvalue weighted by atomic mass is 15.1. The van der Waals surface area contributed by atoms with Gasteiger partial charge < -0.3 is 9.80 Å². The number of rotatable bonds is 11. The summed E-state index contributed by atoms with van der Waals surface area (Å²) in [6.45, 7) is 1.69. The quantitative estimate of drug-likeness (QED) is 0.135. The number of hydrogen-bond donors (Lipinski definition) is 0. The predicted octanol–water partition coefficient (Wildman–Crippen LogP) is 13.4. The molecule has 2 heteroatoms. The van der Waals surface area contributed by atoms with E-state index >= 15 is 0 Å². The highest BCUT2D eigenvalue weighted by molar-refractivity contribution is 5.81. The van der Waals surface area contributed by atoms with Gasteiger partial charge in [-0.2, -0.15) is 0 Å². The zero-order chi connectivity index (χ0) is 35.0. The Morgan fingerprint density at radius 3 is 0.788 bits per heavy atom. The van der Waals surface area contributed by atoms with Gasteiger partial charge in [-0.1, -0.05) is 170 Å². The molecule has 0 saturated carbocycles. The van der Waals surface area contributed by atoms with Gasteiger partial charge in [-0.05, 0) is 93.0 Å². The molecular formula is C50H40N2. The Kier molecular flexibility index (Phi) is 9.70. The lowest BCUT2D eigenvalue weighted by atomic mass is 10.0. The van der Waals surface area contributed by atoms with Crippen molar-refractivity contribution in [3.8, 4) is 33.4 Å². The first kappa shape index (κ1) is 32.6. The van der Waals surface area contributed by atoms with E-state index in [1.54, 1.807) is 0 Å². The Morgan fingerprint density at radius 2 is 0.481 bits per heavy atom. The van der Waals surface area contributed by atoms with Crippen molar-refractivity contribution >= 4 is 22.7 Å². The third-order valence-corrected chi connectivity index (χ3v) is 9.59. The third-order valence-electron chi connectivity index (χ3n) is 9.59. The van der Waals surface area contributed by atoms with Gasteiger partial charge in [0.25, 0.3) is 0 Å². The topological polar surface area (TPSA) is 6.48 Å². The summed E-state index contributed by atoms with van der Waals surface area (Å²) in [5.41, 5.74) is 14.4. The molecule has 0 N–H and O–H groups in total. The van der Waals surface area contributed by atoms with Crippen LogP contribution in [0.1, 0.15) is 11.1 Å². The largest absolute Gasteiger partial charge is 0.363 e. The Balaban J connectivity index is 1.08. The first-order valence-electron chi connectivity index (χ1n) is 17.9. The Morgan fingerprint density at radius 1 is 0.231 bits per heavy atom. The maximum Gasteiger partial charge on any atom is 0.0462 e. The first-order chi connectivity index (χ1) is 25.8. The van der Waals surface area contributed by atoms with E-state index in [4.69, 9.17) is 0 Å². The second-order valence-corrected chi connectivity index (χ2v) is 13.1. The first-order valence-corrected chi connectivity index (χ1v) is 17.9. The fourth-order valence-corrected chi connectivity index (χ4v) is 6.83. The summed E-state index contributed by atoms with van der Waals surface area (Å²) in [7, 11) is 0. The lowest BCUT2D eigenvalue weighted by Crippen LogP contribution is -2.22. The minimum absolute atomic E-state index is 0.846. The lowest BCUT2D eigenvalue weighted by molar-refractivity contribution is 0.800. The smallest absolute Gasteiger partial charge is 0.0462 e. The van der Waals surface area contributed by atoms with Crippen LogP contribution in [0.5, 0.6) is 0 Å². The van der Waals surface area contributed by atoms with Crippen LogP contribution in [-0.4, -0.2) is 0 Å². The summed E-state index contributed by atoms with van der Waals surface area (Å²) in [6, 6.07) is 78.2. The van der Waals surface area contributed by atoms with Crippen molar-refractivity contribution < 1.29 is 0 Å². The molecule has 0 bridgehead atoms. The number of benzene rings is 8. The second-order valence-electron chi connectivity index (χ2n) is 13.1. The van der Waals surface area contributed by atoms with Crippen LogP contribution in [0.3, 0.4) is 0 Å². The third kappa shape index (κ3) is 7.57. The van der Waals surface area contributed by atoms with Crippen molar-refractivity contribution in [2.75, 3.05) is 9.80 Å². The van der Waals surface area contributed by atoms with Crippen LogP contribution in [0.15, 0.2) is 218 Å². The maximum absolute atomic E-state index is 2.45. The standard InChI is InChI=1S/C50H40N2/c1-5-13-39(14-6-1)37-51(38-40-15-7-2-8-16-40)47-29-21-45(22-30-47)46-27-35-50(36-28-46)52(48-31-23-43(24-32-48)41-17-9-3-10-18-41)49-33-25-44(26-34-49)42-19-11-4-12-20-42/h1-36H,37-38H2. The molecule has 8 aromatic rings. The van der Waals surface area contributed by atoms with Crippen LogP contribution in [0.4, 0.5) is 22.7 Å². The van der Waals surface area contributed by atoms with Gasteiger partial charge in [0.15, 0.2) is 0 Å². The van der Waals surface area contributed by atoms with Crippen LogP contribution in [0.2, 0.25) is 0 Å². The maximum atomic E-state index is 2.45. The molecule has 0 saturated heterocycles. The zero-order valence-corrected chi connectivity index (χ0v) is 29.1. The molecule has 0 heterocycles. The predicted molar refractivity (Wildman–Crippen MR) is 220 cm³/mol. The summed E-state index contributed by atoms with van der Waals surface area (Å²) >= 11 is 0. The van der Waals surface area contributed by atoms with Crippen LogP contribution in [0.25, 0.3) is 33.4 Å². The molecule has 0 unspecified atom stereocenters. The van der Waals surface area contributed by atoms with Crippen molar-refractivity contribution in [3.05, 3.63) is 230 Å². The molecule has 0 amide bonds. The summed E-state index contributed by atoms with van der Waals surface area (Å²) in [4.78, 5) is 4.78. The van der Waals surface area contributed by atoms with Crippen molar-refractivity contribution in [1.82, 2.24) is 0 Å². The molecule has 0 aliphatic heterocycles.